The zero-order valence-electron chi connectivity index (χ0n) is 65.5. The third kappa shape index (κ3) is 74.3. The van der Waals surface area contributed by atoms with Gasteiger partial charge in [0.15, 0.2) is 12.2 Å². The molecule has 0 bridgehead atoms. The predicted octanol–water partition coefficient (Wildman–Crippen LogP) is 24.3. The van der Waals surface area contributed by atoms with Crippen LogP contribution in [0.4, 0.5) is 0 Å². The molecule has 5 atom stereocenters. The fourth-order valence-corrected chi connectivity index (χ4v) is 14.1. The highest BCUT2D eigenvalue weighted by Crippen LogP contribution is 2.45. The van der Waals surface area contributed by atoms with Crippen LogP contribution >= 0.6 is 15.6 Å². The number of hydrogen-bond acceptors (Lipinski definition) is 15. The van der Waals surface area contributed by atoms with E-state index in [1.165, 1.54) is 244 Å². The Morgan fingerprint density at radius 3 is 0.680 bits per heavy atom. The summed E-state index contributed by atoms with van der Waals surface area (Å²) in [6, 6.07) is 0. The largest absolute Gasteiger partial charge is 0.472 e. The minimum Gasteiger partial charge on any atom is -0.462 e. The van der Waals surface area contributed by atoms with E-state index in [1.807, 2.05) is 0 Å². The highest BCUT2D eigenvalue weighted by atomic mass is 31.2. The zero-order chi connectivity index (χ0) is 73.5. The maximum Gasteiger partial charge on any atom is 0.472 e. The summed E-state index contributed by atoms with van der Waals surface area (Å²) in [6.45, 7) is 9.68. The lowest BCUT2D eigenvalue weighted by atomic mass is 10.0. The standard InChI is InChI=1S/C81H158O17P2/c1-7-9-11-13-15-17-18-19-20-23-30-35-41-47-53-59-65-80(85)97-76(69-91-78(83)63-57-51-45-37-16-14-12-10-8-2)71-95-99(87,88)93-67-75(82)68-94-100(89,90)96-72-77(70-92-79(84)64-58-52-46-40-34-29-26-25-28-33-39-44-50-56-62-74(5)6)98-81(86)66-60-54-48-42-36-31-24-21-22-27-32-38-43-49-55-61-73(3)4/h73-77,82H,7-72H2,1-6H3,(H,87,88)(H,89,90)/t75-,76+,77+/m0/s1. The Kier molecular flexibility index (Phi) is 71.2. The Morgan fingerprint density at radius 2 is 0.460 bits per heavy atom. The van der Waals surface area contributed by atoms with Gasteiger partial charge in [0.2, 0.25) is 0 Å². The molecule has 0 saturated carbocycles. The molecule has 0 aromatic rings. The van der Waals surface area contributed by atoms with E-state index in [9.17, 15) is 43.2 Å². The van der Waals surface area contributed by atoms with E-state index in [0.717, 1.165) is 102 Å². The quantitative estimate of drug-likeness (QED) is 0.0222. The van der Waals surface area contributed by atoms with E-state index >= 15 is 0 Å². The zero-order valence-corrected chi connectivity index (χ0v) is 67.3. The van der Waals surface area contributed by atoms with Crippen molar-refractivity contribution < 1.29 is 80.2 Å². The number of aliphatic hydroxyl groups is 1. The Bertz CT molecular complexity index is 1920. The summed E-state index contributed by atoms with van der Waals surface area (Å²) in [4.78, 5) is 73.0. The average molecular weight is 1470 g/mol. The van der Waals surface area contributed by atoms with Crippen LogP contribution < -0.4 is 0 Å². The first kappa shape index (κ1) is 98.1. The second kappa shape index (κ2) is 72.6. The van der Waals surface area contributed by atoms with Crippen LogP contribution in [-0.2, 0) is 65.4 Å². The summed E-state index contributed by atoms with van der Waals surface area (Å²) in [6.07, 6.45) is 62.4. The van der Waals surface area contributed by atoms with Gasteiger partial charge >= 0.3 is 39.5 Å². The van der Waals surface area contributed by atoms with Gasteiger partial charge in [0.25, 0.3) is 0 Å². The van der Waals surface area contributed by atoms with Gasteiger partial charge in [0, 0.05) is 25.7 Å². The van der Waals surface area contributed by atoms with E-state index in [-0.39, 0.29) is 25.7 Å². The third-order valence-electron chi connectivity index (χ3n) is 19.0. The van der Waals surface area contributed by atoms with Crippen molar-refractivity contribution in [2.75, 3.05) is 39.6 Å². The summed E-state index contributed by atoms with van der Waals surface area (Å²) >= 11 is 0. The second-order valence-corrected chi connectivity index (χ2v) is 33.0. The van der Waals surface area contributed by atoms with Gasteiger partial charge in [0.1, 0.15) is 19.3 Å². The Morgan fingerprint density at radius 1 is 0.270 bits per heavy atom. The number of rotatable bonds is 80. The molecule has 0 aromatic heterocycles. The van der Waals surface area contributed by atoms with E-state index < -0.39 is 97.5 Å². The number of aliphatic hydroxyl groups excluding tert-OH is 1. The molecule has 0 amide bonds. The number of phosphoric ester groups is 2. The van der Waals surface area contributed by atoms with Crippen molar-refractivity contribution in [1.82, 2.24) is 0 Å². The van der Waals surface area contributed by atoms with Crippen LogP contribution in [0.3, 0.4) is 0 Å². The molecule has 3 N–H and O–H groups in total. The highest BCUT2D eigenvalue weighted by molar-refractivity contribution is 7.47. The number of phosphoric acid groups is 2. The molecule has 0 aromatic carbocycles. The molecule has 0 aliphatic rings. The van der Waals surface area contributed by atoms with Crippen molar-refractivity contribution >= 4 is 39.5 Å². The molecule has 0 aliphatic heterocycles. The molecule has 0 spiro atoms. The number of carbonyl (C=O) groups excluding carboxylic acids is 4. The maximum absolute atomic E-state index is 13.1. The summed E-state index contributed by atoms with van der Waals surface area (Å²) in [5, 5.41) is 10.6. The third-order valence-corrected chi connectivity index (χ3v) is 20.9. The molecule has 19 heteroatoms. The van der Waals surface area contributed by atoms with Crippen LogP contribution in [0.15, 0.2) is 0 Å². The highest BCUT2D eigenvalue weighted by Gasteiger charge is 2.30. The molecule has 0 saturated heterocycles. The molecular formula is C81H158O17P2. The molecule has 0 heterocycles. The first-order valence-corrected chi connectivity index (χ1v) is 45.0. The van der Waals surface area contributed by atoms with Crippen molar-refractivity contribution in [2.24, 2.45) is 11.8 Å². The van der Waals surface area contributed by atoms with Crippen LogP contribution in [-0.4, -0.2) is 96.7 Å². The maximum atomic E-state index is 13.1. The van der Waals surface area contributed by atoms with Crippen LogP contribution in [0.2, 0.25) is 0 Å². The normalized spacial score (nSPS) is 13.9. The van der Waals surface area contributed by atoms with E-state index in [2.05, 4.69) is 41.5 Å². The molecule has 0 fully saturated rings. The van der Waals surface area contributed by atoms with Gasteiger partial charge in [-0.15, -0.1) is 0 Å². The predicted molar refractivity (Wildman–Crippen MR) is 409 cm³/mol. The fourth-order valence-electron chi connectivity index (χ4n) is 12.5. The topological polar surface area (TPSA) is 237 Å². The average Bonchev–Trinajstić information content (AvgIpc) is 0.985. The smallest absolute Gasteiger partial charge is 0.462 e. The minimum atomic E-state index is -4.96. The first-order chi connectivity index (χ1) is 48.4. The second-order valence-electron chi connectivity index (χ2n) is 30.1. The Labute approximate surface area is 613 Å². The van der Waals surface area contributed by atoms with Gasteiger partial charge in [-0.1, -0.05) is 375 Å². The van der Waals surface area contributed by atoms with Crippen molar-refractivity contribution in [3.8, 4) is 0 Å². The summed E-state index contributed by atoms with van der Waals surface area (Å²) in [5.74, 6) is -0.506. The van der Waals surface area contributed by atoms with Crippen LogP contribution in [0.1, 0.15) is 427 Å². The van der Waals surface area contributed by atoms with E-state index in [0.29, 0.717) is 25.7 Å². The molecular weight excluding hydrogens is 1310 g/mol. The Balaban J connectivity index is 5.22. The monoisotopic (exact) mass is 1470 g/mol. The number of carbonyl (C=O) groups is 4. The summed E-state index contributed by atoms with van der Waals surface area (Å²) in [5.41, 5.74) is 0. The van der Waals surface area contributed by atoms with Crippen molar-refractivity contribution in [3.63, 3.8) is 0 Å². The summed E-state index contributed by atoms with van der Waals surface area (Å²) < 4.78 is 68.7. The first-order valence-electron chi connectivity index (χ1n) is 42.0. The molecule has 0 aliphatic carbocycles. The SMILES string of the molecule is CCCCCCCCCCCCCCCCCCC(=O)O[C@H](COC(=O)CCCCCCCCCCC)COP(=O)(O)OC[C@H](O)COP(=O)(O)OC[C@@H](COC(=O)CCCCCCCCCCCCCCCCC(C)C)OC(=O)CCCCCCCCCCCCCCCCCC(C)C. The van der Waals surface area contributed by atoms with Gasteiger partial charge in [-0.25, -0.2) is 9.13 Å². The van der Waals surface area contributed by atoms with Gasteiger partial charge in [0.05, 0.1) is 26.4 Å². The van der Waals surface area contributed by atoms with E-state index in [4.69, 9.17) is 37.0 Å². The van der Waals surface area contributed by atoms with Gasteiger partial charge in [-0.05, 0) is 37.5 Å². The van der Waals surface area contributed by atoms with Crippen molar-refractivity contribution in [2.45, 2.75) is 445 Å². The number of unbranched alkanes of at least 4 members (excludes halogenated alkanes) is 50. The number of esters is 4. The molecule has 100 heavy (non-hydrogen) atoms. The lowest BCUT2D eigenvalue weighted by molar-refractivity contribution is -0.161. The Hall–Kier alpha value is -1.94. The lowest BCUT2D eigenvalue weighted by Gasteiger charge is -2.21. The van der Waals surface area contributed by atoms with Crippen molar-refractivity contribution in [3.05, 3.63) is 0 Å². The van der Waals surface area contributed by atoms with Gasteiger partial charge < -0.3 is 33.8 Å². The van der Waals surface area contributed by atoms with Gasteiger partial charge in [-0.2, -0.15) is 0 Å². The van der Waals surface area contributed by atoms with Crippen molar-refractivity contribution in [1.29, 1.82) is 0 Å². The van der Waals surface area contributed by atoms with Gasteiger partial charge in [-0.3, -0.25) is 37.3 Å². The number of ether oxygens (including phenoxy) is 4. The molecule has 2 unspecified atom stereocenters. The fraction of sp³-hybridized carbons (Fsp3) is 0.951. The van der Waals surface area contributed by atoms with E-state index in [1.54, 1.807) is 0 Å². The number of hydrogen-bond donors (Lipinski definition) is 3. The minimum absolute atomic E-state index is 0.108. The molecule has 17 nitrogen and oxygen atoms in total. The summed E-state index contributed by atoms with van der Waals surface area (Å²) in [7, 11) is -9.92. The lowest BCUT2D eigenvalue weighted by Crippen LogP contribution is -2.30. The van der Waals surface area contributed by atoms with Crippen LogP contribution in [0, 0.1) is 11.8 Å². The van der Waals surface area contributed by atoms with Crippen LogP contribution in [0.5, 0.6) is 0 Å². The molecule has 594 valence electrons. The molecule has 0 rings (SSSR count). The molecule has 0 radical (unpaired) electrons. The van der Waals surface area contributed by atoms with Crippen LogP contribution in [0.25, 0.3) is 0 Å².